The van der Waals surface area contributed by atoms with Crippen molar-refractivity contribution in [2.24, 2.45) is 5.41 Å². The molecule has 0 aromatic carbocycles. The van der Waals surface area contributed by atoms with E-state index in [0.29, 0.717) is 5.41 Å². The molecule has 1 unspecified atom stereocenters. The third-order valence-electron chi connectivity index (χ3n) is 2.03. The van der Waals surface area contributed by atoms with Gasteiger partial charge in [-0.05, 0) is 11.8 Å². The molecule has 0 amide bonds. The molecule has 1 aliphatic rings. The van der Waals surface area contributed by atoms with Crippen LogP contribution in [0.3, 0.4) is 0 Å². The lowest BCUT2D eigenvalue weighted by atomic mass is 9.72. The lowest BCUT2D eigenvalue weighted by molar-refractivity contribution is 0.244. The van der Waals surface area contributed by atoms with Crippen LogP contribution in [0.15, 0.2) is 0 Å². The standard InChI is InChI=1S/C6H10I2/c1-6(2)4(7)3-5(6)8/h4-5H,3H2,1-2H3/t4-,5?/m1/s1. The first kappa shape index (κ1) is 7.57. The summed E-state index contributed by atoms with van der Waals surface area (Å²) in [7, 11) is 0. The first-order valence-corrected chi connectivity index (χ1v) is 5.32. The molecule has 0 aromatic heterocycles. The second-order valence-electron chi connectivity index (χ2n) is 2.99. The van der Waals surface area contributed by atoms with E-state index in [1.54, 1.807) is 0 Å². The molecule has 2 atom stereocenters. The monoisotopic (exact) mass is 336 g/mol. The van der Waals surface area contributed by atoms with Gasteiger partial charge in [0.1, 0.15) is 0 Å². The third kappa shape index (κ3) is 1.02. The van der Waals surface area contributed by atoms with E-state index in [2.05, 4.69) is 59.0 Å². The van der Waals surface area contributed by atoms with E-state index in [4.69, 9.17) is 0 Å². The summed E-state index contributed by atoms with van der Waals surface area (Å²) in [6.07, 6.45) is 1.41. The highest BCUT2D eigenvalue weighted by atomic mass is 127. The third-order valence-corrected chi connectivity index (χ3v) is 6.26. The average Bonchev–Trinajstić information content (AvgIpc) is 1.68. The van der Waals surface area contributed by atoms with Crippen molar-refractivity contribution in [3.8, 4) is 0 Å². The van der Waals surface area contributed by atoms with Gasteiger partial charge in [-0.3, -0.25) is 0 Å². The maximum absolute atomic E-state index is 2.55. The lowest BCUT2D eigenvalue weighted by Crippen LogP contribution is -2.46. The largest absolute Gasteiger partial charge is 0.0820 e. The molecule has 0 N–H and O–H groups in total. The molecule has 1 aliphatic carbocycles. The zero-order chi connectivity index (χ0) is 6.36. The molecular formula is C6H10I2. The zero-order valence-electron chi connectivity index (χ0n) is 5.12. The van der Waals surface area contributed by atoms with Crippen LogP contribution in [0.25, 0.3) is 0 Å². The van der Waals surface area contributed by atoms with Crippen LogP contribution in [0, 0.1) is 5.41 Å². The van der Waals surface area contributed by atoms with Gasteiger partial charge in [0.25, 0.3) is 0 Å². The van der Waals surface area contributed by atoms with Crippen molar-refractivity contribution in [2.75, 3.05) is 0 Å². The summed E-state index contributed by atoms with van der Waals surface area (Å²) in [5.41, 5.74) is 0.612. The minimum absolute atomic E-state index is 0.612. The normalized spacial score (nSPS) is 43.5. The summed E-state index contributed by atoms with van der Waals surface area (Å²) in [6, 6.07) is 0. The Labute approximate surface area is 78.1 Å². The Morgan fingerprint density at radius 1 is 1.25 bits per heavy atom. The van der Waals surface area contributed by atoms with Crippen LogP contribution >= 0.6 is 45.2 Å². The van der Waals surface area contributed by atoms with Crippen molar-refractivity contribution in [1.82, 2.24) is 0 Å². The van der Waals surface area contributed by atoms with Gasteiger partial charge in [-0.15, -0.1) is 0 Å². The van der Waals surface area contributed by atoms with E-state index in [0.717, 1.165) is 7.85 Å². The topological polar surface area (TPSA) is 0 Å². The predicted molar refractivity (Wildman–Crippen MR) is 54.0 cm³/mol. The van der Waals surface area contributed by atoms with E-state index in [1.165, 1.54) is 6.42 Å². The summed E-state index contributed by atoms with van der Waals surface area (Å²) >= 11 is 5.09. The highest BCUT2D eigenvalue weighted by Gasteiger charge is 2.44. The van der Waals surface area contributed by atoms with E-state index >= 15 is 0 Å². The van der Waals surface area contributed by atoms with Gasteiger partial charge in [-0.2, -0.15) is 0 Å². The Balaban J connectivity index is 2.52. The number of hydrogen-bond donors (Lipinski definition) is 0. The molecule has 0 aliphatic heterocycles. The minimum atomic E-state index is 0.612. The maximum atomic E-state index is 2.55. The molecule has 0 saturated heterocycles. The van der Waals surface area contributed by atoms with E-state index < -0.39 is 0 Å². The van der Waals surface area contributed by atoms with Crippen molar-refractivity contribution < 1.29 is 0 Å². The highest BCUT2D eigenvalue weighted by molar-refractivity contribution is 14.1. The molecule has 8 heavy (non-hydrogen) atoms. The fourth-order valence-electron chi connectivity index (χ4n) is 0.825. The van der Waals surface area contributed by atoms with Crippen LogP contribution in [0.1, 0.15) is 20.3 Å². The molecule has 0 aromatic rings. The molecule has 0 heterocycles. The van der Waals surface area contributed by atoms with Crippen LogP contribution in [-0.4, -0.2) is 7.85 Å². The molecule has 1 fully saturated rings. The summed E-state index contributed by atoms with van der Waals surface area (Å²) in [5, 5.41) is 0. The smallest absolute Gasteiger partial charge is 0.0181 e. The molecule has 0 nitrogen and oxygen atoms in total. The van der Waals surface area contributed by atoms with Crippen molar-refractivity contribution >= 4 is 45.2 Å². The number of halogens is 2. The quantitative estimate of drug-likeness (QED) is 0.471. The second-order valence-corrected chi connectivity index (χ2v) is 6.00. The van der Waals surface area contributed by atoms with Crippen LogP contribution in [0.2, 0.25) is 0 Å². The number of rotatable bonds is 0. The summed E-state index contributed by atoms with van der Waals surface area (Å²) in [4.78, 5) is 0. The Morgan fingerprint density at radius 2 is 1.62 bits per heavy atom. The molecule has 48 valence electrons. The molecule has 0 radical (unpaired) electrons. The minimum Gasteiger partial charge on any atom is -0.0820 e. The Morgan fingerprint density at radius 3 is 1.62 bits per heavy atom. The van der Waals surface area contributed by atoms with E-state index in [-0.39, 0.29) is 0 Å². The highest BCUT2D eigenvalue weighted by Crippen LogP contribution is 2.49. The molecule has 1 rings (SSSR count). The fraction of sp³-hybridized carbons (Fsp3) is 1.00. The van der Waals surface area contributed by atoms with Crippen molar-refractivity contribution in [3.05, 3.63) is 0 Å². The lowest BCUT2D eigenvalue weighted by Gasteiger charge is -2.46. The molecule has 0 spiro atoms. The van der Waals surface area contributed by atoms with Crippen LogP contribution in [-0.2, 0) is 0 Å². The van der Waals surface area contributed by atoms with Crippen LogP contribution in [0.4, 0.5) is 0 Å². The Kier molecular flexibility index (Phi) is 2.13. The summed E-state index contributed by atoms with van der Waals surface area (Å²) < 4.78 is 1.84. The van der Waals surface area contributed by atoms with Gasteiger partial charge < -0.3 is 0 Å². The Hall–Kier alpha value is 1.46. The van der Waals surface area contributed by atoms with Gasteiger partial charge in [0.2, 0.25) is 0 Å². The molecule has 2 heteroatoms. The summed E-state index contributed by atoms with van der Waals surface area (Å²) in [6.45, 7) is 4.70. The van der Waals surface area contributed by atoms with Gasteiger partial charge in [-0.25, -0.2) is 0 Å². The first-order valence-electron chi connectivity index (χ1n) is 2.83. The maximum Gasteiger partial charge on any atom is 0.0181 e. The van der Waals surface area contributed by atoms with Gasteiger partial charge in [0.05, 0.1) is 0 Å². The Bertz CT molecular complexity index is 88.7. The number of alkyl halides is 2. The van der Waals surface area contributed by atoms with Gasteiger partial charge in [-0.1, -0.05) is 59.0 Å². The SMILES string of the molecule is CC1(C)C(I)C[C@H]1I. The van der Waals surface area contributed by atoms with Crippen LogP contribution in [0.5, 0.6) is 0 Å². The van der Waals surface area contributed by atoms with Gasteiger partial charge in [0, 0.05) is 7.85 Å². The molecule has 0 bridgehead atoms. The summed E-state index contributed by atoms with van der Waals surface area (Å²) in [5.74, 6) is 0. The first-order chi connectivity index (χ1) is 3.55. The van der Waals surface area contributed by atoms with Crippen molar-refractivity contribution in [3.63, 3.8) is 0 Å². The van der Waals surface area contributed by atoms with E-state index in [1.807, 2.05) is 0 Å². The van der Waals surface area contributed by atoms with Crippen molar-refractivity contribution in [2.45, 2.75) is 28.1 Å². The van der Waals surface area contributed by atoms with Gasteiger partial charge in [0.15, 0.2) is 0 Å². The fourth-order valence-corrected chi connectivity index (χ4v) is 4.37. The molecular weight excluding hydrogens is 326 g/mol. The van der Waals surface area contributed by atoms with Crippen molar-refractivity contribution in [1.29, 1.82) is 0 Å². The second kappa shape index (κ2) is 2.25. The average molecular weight is 336 g/mol. The van der Waals surface area contributed by atoms with Crippen LogP contribution < -0.4 is 0 Å². The van der Waals surface area contributed by atoms with Gasteiger partial charge >= 0.3 is 0 Å². The number of hydrogen-bond acceptors (Lipinski definition) is 0. The predicted octanol–water partition coefficient (Wildman–Crippen LogP) is 3.02. The zero-order valence-corrected chi connectivity index (χ0v) is 9.43. The van der Waals surface area contributed by atoms with E-state index in [9.17, 15) is 0 Å². The molecule has 1 saturated carbocycles.